The minimum absolute atomic E-state index is 0.134. The number of nitrogens with two attached hydrogens (primary N) is 1. The molecule has 0 saturated heterocycles. The van der Waals surface area contributed by atoms with Crippen molar-refractivity contribution in [1.82, 2.24) is 5.32 Å². The molecule has 0 saturated carbocycles. The molecule has 3 N–H and O–H groups in total. The lowest BCUT2D eigenvalue weighted by atomic mass is 9.89. The Morgan fingerprint density at radius 3 is 2.67 bits per heavy atom. The van der Waals surface area contributed by atoms with Crippen molar-refractivity contribution in [1.29, 1.82) is 0 Å². The van der Waals surface area contributed by atoms with Crippen LogP contribution in [0.4, 0.5) is 8.78 Å². The van der Waals surface area contributed by atoms with Crippen molar-refractivity contribution in [3.63, 3.8) is 0 Å². The van der Waals surface area contributed by atoms with Crippen LogP contribution in [0.1, 0.15) is 25.8 Å². The predicted octanol–water partition coefficient (Wildman–Crippen LogP) is 2.47. The second kappa shape index (κ2) is 6.81. The van der Waals surface area contributed by atoms with Crippen molar-refractivity contribution < 1.29 is 8.78 Å². The van der Waals surface area contributed by atoms with Crippen molar-refractivity contribution >= 4 is 0 Å². The molecule has 1 aromatic carbocycles. The zero-order valence-corrected chi connectivity index (χ0v) is 11.1. The summed E-state index contributed by atoms with van der Waals surface area (Å²) in [6.45, 7) is 6.38. The Labute approximate surface area is 108 Å². The zero-order chi connectivity index (χ0) is 13.6. The molecular weight excluding hydrogens is 234 g/mol. The van der Waals surface area contributed by atoms with Crippen molar-refractivity contribution in [3.8, 4) is 0 Å². The van der Waals surface area contributed by atoms with E-state index in [2.05, 4.69) is 19.2 Å². The summed E-state index contributed by atoms with van der Waals surface area (Å²) in [7, 11) is 0. The average molecular weight is 256 g/mol. The minimum atomic E-state index is -0.394. The molecule has 0 atom stereocenters. The van der Waals surface area contributed by atoms with Gasteiger partial charge in [-0.2, -0.15) is 0 Å². The molecule has 1 aromatic rings. The van der Waals surface area contributed by atoms with Gasteiger partial charge in [-0.1, -0.05) is 13.8 Å². The molecule has 102 valence electrons. The fourth-order valence-electron chi connectivity index (χ4n) is 1.86. The van der Waals surface area contributed by atoms with E-state index in [0.29, 0.717) is 25.1 Å². The van der Waals surface area contributed by atoms with Crippen LogP contribution in [0.15, 0.2) is 18.2 Å². The summed E-state index contributed by atoms with van der Waals surface area (Å²) in [6.07, 6.45) is 1.43. The lowest BCUT2D eigenvalue weighted by Crippen LogP contribution is -2.32. The highest BCUT2D eigenvalue weighted by molar-refractivity contribution is 5.18. The first-order valence-corrected chi connectivity index (χ1v) is 6.29. The highest BCUT2D eigenvalue weighted by Crippen LogP contribution is 2.17. The molecule has 0 radical (unpaired) electrons. The van der Waals surface area contributed by atoms with Crippen LogP contribution in [0.25, 0.3) is 0 Å². The van der Waals surface area contributed by atoms with E-state index in [1.54, 1.807) is 0 Å². The molecule has 18 heavy (non-hydrogen) atoms. The summed E-state index contributed by atoms with van der Waals surface area (Å²) in [5, 5.41) is 3.26. The Morgan fingerprint density at radius 1 is 1.28 bits per heavy atom. The number of rotatable bonds is 7. The second-order valence-electron chi connectivity index (χ2n) is 5.37. The molecule has 0 bridgehead atoms. The van der Waals surface area contributed by atoms with Crippen molar-refractivity contribution in [2.24, 2.45) is 11.1 Å². The van der Waals surface area contributed by atoms with Gasteiger partial charge >= 0.3 is 0 Å². The van der Waals surface area contributed by atoms with Gasteiger partial charge in [0.1, 0.15) is 11.6 Å². The Balaban J connectivity index is 2.36. The molecule has 4 heteroatoms. The van der Waals surface area contributed by atoms with Gasteiger partial charge in [0.15, 0.2) is 0 Å². The van der Waals surface area contributed by atoms with E-state index in [0.717, 1.165) is 19.0 Å². The van der Waals surface area contributed by atoms with Crippen LogP contribution in [0.5, 0.6) is 0 Å². The van der Waals surface area contributed by atoms with E-state index in [9.17, 15) is 8.78 Å². The Bertz CT molecular complexity index is 378. The maximum atomic E-state index is 13.3. The van der Waals surface area contributed by atoms with E-state index in [-0.39, 0.29) is 11.2 Å². The summed E-state index contributed by atoms with van der Waals surface area (Å²) in [5.41, 5.74) is 6.08. The van der Waals surface area contributed by atoms with Gasteiger partial charge in [0, 0.05) is 6.54 Å². The normalized spacial score (nSPS) is 11.8. The third-order valence-corrected chi connectivity index (χ3v) is 3.00. The van der Waals surface area contributed by atoms with Gasteiger partial charge in [-0.15, -0.1) is 0 Å². The Hall–Kier alpha value is -1.00. The van der Waals surface area contributed by atoms with Gasteiger partial charge in [0.25, 0.3) is 0 Å². The van der Waals surface area contributed by atoms with Crippen molar-refractivity contribution in [3.05, 3.63) is 35.4 Å². The fraction of sp³-hybridized carbons (Fsp3) is 0.571. The quantitative estimate of drug-likeness (QED) is 0.735. The van der Waals surface area contributed by atoms with Crippen molar-refractivity contribution in [2.45, 2.75) is 26.7 Å². The van der Waals surface area contributed by atoms with E-state index in [1.165, 1.54) is 12.1 Å². The largest absolute Gasteiger partial charge is 0.330 e. The first kappa shape index (κ1) is 15.1. The number of halogens is 2. The molecule has 0 aliphatic rings. The SMILES string of the molecule is CC(C)(CCN)CNCCc1cc(F)ccc1F. The third kappa shape index (κ3) is 5.10. The molecule has 0 spiro atoms. The van der Waals surface area contributed by atoms with Gasteiger partial charge in [-0.05, 0) is 55.1 Å². The molecule has 0 aliphatic heterocycles. The first-order chi connectivity index (χ1) is 8.44. The van der Waals surface area contributed by atoms with Gasteiger partial charge < -0.3 is 11.1 Å². The average Bonchev–Trinajstić information content (AvgIpc) is 2.29. The number of benzene rings is 1. The van der Waals surface area contributed by atoms with Gasteiger partial charge in [-0.25, -0.2) is 8.78 Å². The van der Waals surface area contributed by atoms with Crippen LogP contribution in [-0.2, 0) is 6.42 Å². The fourth-order valence-corrected chi connectivity index (χ4v) is 1.86. The summed E-state index contributed by atoms with van der Waals surface area (Å²) in [4.78, 5) is 0. The highest BCUT2D eigenvalue weighted by atomic mass is 19.1. The van der Waals surface area contributed by atoms with Crippen LogP contribution in [-0.4, -0.2) is 19.6 Å². The maximum absolute atomic E-state index is 13.3. The monoisotopic (exact) mass is 256 g/mol. The van der Waals surface area contributed by atoms with Crippen LogP contribution in [0, 0.1) is 17.0 Å². The van der Waals surface area contributed by atoms with Crippen LogP contribution in [0.2, 0.25) is 0 Å². The number of nitrogens with one attached hydrogen (secondary N) is 1. The van der Waals surface area contributed by atoms with Gasteiger partial charge in [0.05, 0.1) is 0 Å². The second-order valence-corrected chi connectivity index (χ2v) is 5.37. The molecule has 0 heterocycles. The predicted molar refractivity (Wildman–Crippen MR) is 70.4 cm³/mol. The molecule has 2 nitrogen and oxygen atoms in total. The molecule has 0 fully saturated rings. The van der Waals surface area contributed by atoms with E-state index in [1.807, 2.05) is 0 Å². The summed E-state index contributed by atoms with van der Waals surface area (Å²) in [5.74, 6) is -0.741. The van der Waals surface area contributed by atoms with Gasteiger partial charge in [-0.3, -0.25) is 0 Å². The molecule has 0 amide bonds. The first-order valence-electron chi connectivity index (χ1n) is 6.29. The maximum Gasteiger partial charge on any atom is 0.126 e. The number of hydrogen-bond donors (Lipinski definition) is 2. The highest BCUT2D eigenvalue weighted by Gasteiger charge is 2.15. The molecule has 0 aliphatic carbocycles. The topological polar surface area (TPSA) is 38.0 Å². The molecular formula is C14H22F2N2. The van der Waals surface area contributed by atoms with Gasteiger partial charge in [0.2, 0.25) is 0 Å². The minimum Gasteiger partial charge on any atom is -0.330 e. The van der Waals surface area contributed by atoms with E-state index >= 15 is 0 Å². The van der Waals surface area contributed by atoms with Crippen LogP contribution < -0.4 is 11.1 Å². The lowest BCUT2D eigenvalue weighted by molar-refractivity contribution is 0.320. The summed E-state index contributed by atoms with van der Waals surface area (Å²) in [6, 6.07) is 3.56. The zero-order valence-electron chi connectivity index (χ0n) is 11.1. The number of hydrogen-bond acceptors (Lipinski definition) is 2. The van der Waals surface area contributed by atoms with Crippen LogP contribution >= 0.6 is 0 Å². The third-order valence-electron chi connectivity index (χ3n) is 3.00. The van der Waals surface area contributed by atoms with Crippen molar-refractivity contribution in [2.75, 3.05) is 19.6 Å². The van der Waals surface area contributed by atoms with E-state index < -0.39 is 5.82 Å². The summed E-state index contributed by atoms with van der Waals surface area (Å²) < 4.78 is 26.3. The van der Waals surface area contributed by atoms with Crippen LogP contribution in [0.3, 0.4) is 0 Å². The lowest BCUT2D eigenvalue weighted by Gasteiger charge is -2.24. The Kier molecular flexibility index (Phi) is 5.69. The standard InChI is InChI=1S/C14H22F2N2/c1-14(2,6-7-17)10-18-8-5-11-9-12(15)3-4-13(11)16/h3-4,9,18H,5-8,10,17H2,1-2H3. The molecule has 0 aromatic heterocycles. The van der Waals surface area contributed by atoms with E-state index in [4.69, 9.17) is 5.73 Å². The Morgan fingerprint density at radius 2 is 2.00 bits per heavy atom. The molecule has 1 rings (SSSR count). The summed E-state index contributed by atoms with van der Waals surface area (Å²) >= 11 is 0. The smallest absolute Gasteiger partial charge is 0.126 e. The molecule has 0 unspecified atom stereocenters.